The van der Waals surface area contributed by atoms with Gasteiger partial charge in [-0.05, 0) is 32.4 Å². The normalized spacial score (nSPS) is 27.6. The zero-order valence-electron chi connectivity index (χ0n) is 11.1. The van der Waals surface area contributed by atoms with Crippen molar-refractivity contribution in [2.75, 3.05) is 39.9 Å². The number of hydrogen-bond acceptors (Lipinski definition) is 5. The maximum absolute atomic E-state index is 11.8. The first-order valence-corrected chi connectivity index (χ1v) is 6.73. The Kier molecular flexibility index (Phi) is 4.94. The molecule has 3 N–H and O–H groups in total. The largest absolute Gasteiger partial charge is 0.383 e. The minimum Gasteiger partial charge on any atom is -0.383 e. The number of amides is 1. The molecular weight excluding hydrogens is 232 g/mol. The number of ether oxygens (including phenoxy) is 1. The van der Waals surface area contributed by atoms with E-state index in [1.54, 1.807) is 7.11 Å². The van der Waals surface area contributed by atoms with Crippen molar-refractivity contribution in [2.24, 2.45) is 5.84 Å². The second kappa shape index (κ2) is 6.47. The Hall–Kier alpha value is -0.690. The van der Waals surface area contributed by atoms with E-state index in [-0.39, 0.29) is 11.9 Å². The van der Waals surface area contributed by atoms with E-state index in [9.17, 15) is 4.79 Å². The van der Waals surface area contributed by atoms with Gasteiger partial charge in [-0.25, -0.2) is 5.84 Å². The molecule has 0 spiro atoms. The maximum atomic E-state index is 11.8. The highest BCUT2D eigenvalue weighted by Gasteiger charge is 2.33. The number of nitrogens with two attached hydrogens (primary N) is 1. The molecule has 104 valence electrons. The minimum absolute atomic E-state index is 0.150. The van der Waals surface area contributed by atoms with Crippen LogP contribution in [0.25, 0.3) is 0 Å². The van der Waals surface area contributed by atoms with E-state index in [4.69, 9.17) is 10.6 Å². The molecule has 0 radical (unpaired) electrons. The van der Waals surface area contributed by atoms with Gasteiger partial charge in [0.25, 0.3) is 5.91 Å². The molecule has 0 bridgehead atoms. The van der Waals surface area contributed by atoms with Crippen molar-refractivity contribution in [2.45, 2.75) is 31.3 Å². The van der Waals surface area contributed by atoms with E-state index in [1.165, 1.54) is 19.4 Å². The SMILES string of the molecule is COCC(C(=O)NN)N1CCCN2CCCC2C1. The second-order valence-electron chi connectivity index (χ2n) is 5.16. The highest BCUT2D eigenvalue weighted by atomic mass is 16.5. The summed E-state index contributed by atoms with van der Waals surface area (Å²) in [7, 11) is 1.62. The summed E-state index contributed by atoms with van der Waals surface area (Å²) in [6.45, 7) is 4.63. The van der Waals surface area contributed by atoms with Gasteiger partial charge in [-0.1, -0.05) is 0 Å². The minimum atomic E-state index is -0.263. The molecule has 0 saturated carbocycles. The molecule has 0 aromatic carbocycles. The lowest BCUT2D eigenvalue weighted by molar-refractivity contribution is -0.128. The molecular formula is C12H24N4O2. The Morgan fingerprint density at radius 3 is 2.94 bits per heavy atom. The molecule has 2 unspecified atom stereocenters. The standard InChI is InChI=1S/C12H24N4O2/c1-18-9-11(12(17)14-13)16-7-3-6-15-5-2-4-10(15)8-16/h10-11H,2-9,13H2,1H3,(H,14,17). The summed E-state index contributed by atoms with van der Waals surface area (Å²) in [5.41, 5.74) is 2.25. The quantitative estimate of drug-likeness (QED) is 0.390. The Morgan fingerprint density at radius 2 is 2.22 bits per heavy atom. The molecule has 2 atom stereocenters. The van der Waals surface area contributed by atoms with E-state index in [0.717, 1.165) is 26.1 Å². The highest BCUT2D eigenvalue weighted by Crippen LogP contribution is 2.22. The first-order valence-electron chi connectivity index (χ1n) is 6.73. The average Bonchev–Trinajstić information content (AvgIpc) is 2.73. The molecule has 0 aliphatic carbocycles. The average molecular weight is 256 g/mol. The predicted molar refractivity (Wildman–Crippen MR) is 68.8 cm³/mol. The van der Waals surface area contributed by atoms with E-state index < -0.39 is 0 Å². The van der Waals surface area contributed by atoms with Crippen LogP contribution in [0, 0.1) is 0 Å². The maximum Gasteiger partial charge on any atom is 0.253 e. The third kappa shape index (κ3) is 3.00. The molecule has 2 aliphatic rings. The fraction of sp³-hybridized carbons (Fsp3) is 0.917. The molecule has 6 nitrogen and oxygen atoms in total. The smallest absolute Gasteiger partial charge is 0.253 e. The van der Waals surface area contributed by atoms with Crippen LogP contribution < -0.4 is 11.3 Å². The molecule has 2 saturated heterocycles. The summed E-state index contributed by atoms with van der Waals surface area (Å²) in [4.78, 5) is 16.6. The van der Waals surface area contributed by atoms with Crippen LogP contribution in [0.1, 0.15) is 19.3 Å². The first kappa shape index (κ1) is 13.7. The van der Waals surface area contributed by atoms with Gasteiger partial charge in [-0.15, -0.1) is 0 Å². The van der Waals surface area contributed by atoms with Crippen LogP contribution in [0.2, 0.25) is 0 Å². The molecule has 0 aromatic heterocycles. The van der Waals surface area contributed by atoms with Gasteiger partial charge in [0.15, 0.2) is 0 Å². The van der Waals surface area contributed by atoms with E-state index >= 15 is 0 Å². The topological polar surface area (TPSA) is 70.8 Å². The van der Waals surface area contributed by atoms with Crippen molar-refractivity contribution < 1.29 is 9.53 Å². The van der Waals surface area contributed by atoms with Crippen molar-refractivity contribution in [3.63, 3.8) is 0 Å². The van der Waals surface area contributed by atoms with Gasteiger partial charge in [0, 0.05) is 26.2 Å². The van der Waals surface area contributed by atoms with E-state index in [2.05, 4.69) is 15.2 Å². The second-order valence-corrected chi connectivity index (χ2v) is 5.16. The van der Waals surface area contributed by atoms with Gasteiger partial charge in [0.05, 0.1) is 6.61 Å². The summed E-state index contributed by atoms with van der Waals surface area (Å²) in [5.74, 6) is 5.11. The Labute approximate surface area is 108 Å². The summed E-state index contributed by atoms with van der Waals surface area (Å²) < 4.78 is 5.16. The molecule has 2 heterocycles. The zero-order valence-corrected chi connectivity index (χ0v) is 11.1. The van der Waals surface area contributed by atoms with Crippen LogP contribution in [-0.2, 0) is 9.53 Å². The summed E-state index contributed by atoms with van der Waals surface area (Å²) in [6, 6.07) is 0.331. The lowest BCUT2D eigenvalue weighted by atomic mass is 10.1. The summed E-state index contributed by atoms with van der Waals surface area (Å²) >= 11 is 0. The van der Waals surface area contributed by atoms with E-state index in [1.807, 2.05) is 0 Å². The number of rotatable bonds is 4. The van der Waals surface area contributed by atoms with Crippen molar-refractivity contribution in [3.8, 4) is 0 Å². The molecule has 6 heteroatoms. The molecule has 2 aliphatic heterocycles. The Morgan fingerprint density at radius 1 is 1.44 bits per heavy atom. The molecule has 0 aromatic rings. The molecule has 2 fully saturated rings. The van der Waals surface area contributed by atoms with Gasteiger partial charge < -0.3 is 4.74 Å². The van der Waals surface area contributed by atoms with Gasteiger partial charge in [-0.3, -0.25) is 20.0 Å². The summed E-state index contributed by atoms with van der Waals surface area (Å²) in [6.07, 6.45) is 3.62. The van der Waals surface area contributed by atoms with Crippen LogP contribution in [0.15, 0.2) is 0 Å². The molecule has 1 amide bonds. The fourth-order valence-electron chi connectivity index (χ4n) is 3.12. The third-order valence-corrected chi connectivity index (χ3v) is 4.05. The van der Waals surface area contributed by atoms with Crippen LogP contribution in [0.3, 0.4) is 0 Å². The Balaban J connectivity index is 2.02. The van der Waals surface area contributed by atoms with Crippen molar-refractivity contribution in [1.82, 2.24) is 15.2 Å². The predicted octanol–water partition coefficient (Wildman–Crippen LogP) is -0.839. The van der Waals surface area contributed by atoms with Crippen LogP contribution in [0.5, 0.6) is 0 Å². The monoisotopic (exact) mass is 256 g/mol. The number of nitrogens with one attached hydrogen (secondary N) is 1. The van der Waals surface area contributed by atoms with Crippen LogP contribution in [0.4, 0.5) is 0 Å². The summed E-state index contributed by atoms with van der Waals surface area (Å²) in [5, 5.41) is 0. The number of nitrogens with zero attached hydrogens (tertiary/aromatic N) is 2. The van der Waals surface area contributed by atoms with E-state index in [0.29, 0.717) is 12.6 Å². The molecule has 2 rings (SSSR count). The van der Waals surface area contributed by atoms with Gasteiger partial charge in [0.1, 0.15) is 6.04 Å². The number of hydrogen-bond donors (Lipinski definition) is 2. The van der Waals surface area contributed by atoms with Crippen LogP contribution in [-0.4, -0.2) is 67.7 Å². The van der Waals surface area contributed by atoms with Crippen LogP contribution >= 0.6 is 0 Å². The highest BCUT2D eigenvalue weighted by molar-refractivity contribution is 5.81. The lowest BCUT2D eigenvalue weighted by Crippen LogP contribution is -2.53. The fourth-order valence-corrected chi connectivity index (χ4v) is 3.12. The Bertz CT molecular complexity index is 287. The zero-order chi connectivity index (χ0) is 13.0. The van der Waals surface area contributed by atoms with Crippen molar-refractivity contribution in [1.29, 1.82) is 0 Å². The lowest BCUT2D eigenvalue weighted by Gasteiger charge is -2.31. The van der Waals surface area contributed by atoms with Crippen molar-refractivity contribution >= 4 is 5.91 Å². The first-order chi connectivity index (χ1) is 8.76. The number of fused-ring (bicyclic) bond motifs is 1. The molecule has 18 heavy (non-hydrogen) atoms. The van der Waals surface area contributed by atoms with Gasteiger partial charge in [-0.2, -0.15) is 0 Å². The number of hydrazine groups is 1. The number of methoxy groups -OCH3 is 1. The van der Waals surface area contributed by atoms with Gasteiger partial charge in [0.2, 0.25) is 0 Å². The number of carbonyl (C=O) groups is 1. The van der Waals surface area contributed by atoms with Crippen molar-refractivity contribution in [3.05, 3.63) is 0 Å². The van der Waals surface area contributed by atoms with Gasteiger partial charge >= 0.3 is 0 Å². The third-order valence-electron chi connectivity index (χ3n) is 4.05. The number of carbonyl (C=O) groups excluding carboxylic acids is 1.